The van der Waals surface area contributed by atoms with Crippen molar-refractivity contribution in [2.24, 2.45) is 5.92 Å². The maximum absolute atomic E-state index is 11.8. The van der Waals surface area contributed by atoms with Gasteiger partial charge in [0.1, 0.15) is 6.04 Å². The van der Waals surface area contributed by atoms with Gasteiger partial charge in [0, 0.05) is 12.6 Å². The van der Waals surface area contributed by atoms with E-state index in [0.717, 1.165) is 25.6 Å². The summed E-state index contributed by atoms with van der Waals surface area (Å²) < 4.78 is 4.91. The van der Waals surface area contributed by atoms with Gasteiger partial charge in [0.05, 0.1) is 7.11 Å². The van der Waals surface area contributed by atoms with Crippen LogP contribution in [0.3, 0.4) is 0 Å². The van der Waals surface area contributed by atoms with Gasteiger partial charge < -0.3 is 10.1 Å². The summed E-state index contributed by atoms with van der Waals surface area (Å²) >= 11 is 0. The predicted molar refractivity (Wildman–Crippen MR) is 76.0 cm³/mol. The number of methoxy groups -OCH3 is 1. The van der Waals surface area contributed by atoms with Crippen LogP contribution in [0.25, 0.3) is 0 Å². The smallest absolute Gasteiger partial charge is 0.324 e. The van der Waals surface area contributed by atoms with E-state index >= 15 is 0 Å². The van der Waals surface area contributed by atoms with E-state index in [1.54, 1.807) is 0 Å². The van der Waals surface area contributed by atoms with Crippen LogP contribution in [0.15, 0.2) is 0 Å². The van der Waals surface area contributed by atoms with Gasteiger partial charge >= 0.3 is 5.97 Å². The number of rotatable bonds is 5. The van der Waals surface area contributed by atoms with Crippen molar-refractivity contribution in [1.29, 1.82) is 0 Å². The Balaban J connectivity index is 1.96. The van der Waals surface area contributed by atoms with Crippen molar-refractivity contribution in [1.82, 2.24) is 10.2 Å². The lowest BCUT2D eigenvalue weighted by molar-refractivity contribution is -0.144. The van der Waals surface area contributed by atoms with Gasteiger partial charge in [-0.15, -0.1) is 0 Å². The number of carbonyl (C=O) groups excluding carboxylic acids is 1. The molecule has 1 saturated heterocycles. The summed E-state index contributed by atoms with van der Waals surface area (Å²) in [4.78, 5) is 14.4. The Morgan fingerprint density at radius 3 is 2.79 bits per heavy atom. The van der Waals surface area contributed by atoms with Gasteiger partial charge in [-0.05, 0) is 44.7 Å². The molecule has 2 fully saturated rings. The van der Waals surface area contributed by atoms with Gasteiger partial charge in [-0.1, -0.05) is 19.8 Å². The van der Waals surface area contributed by atoms with Gasteiger partial charge in [0.25, 0.3) is 0 Å². The Hall–Kier alpha value is -0.610. The van der Waals surface area contributed by atoms with E-state index in [-0.39, 0.29) is 12.0 Å². The van der Waals surface area contributed by atoms with E-state index in [1.165, 1.54) is 45.6 Å². The van der Waals surface area contributed by atoms with Crippen molar-refractivity contribution >= 4 is 5.97 Å². The van der Waals surface area contributed by atoms with Crippen molar-refractivity contribution in [3.05, 3.63) is 0 Å². The van der Waals surface area contributed by atoms with E-state index in [9.17, 15) is 4.79 Å². The Morgan fingerprint density at radius 2 is 2.05 bits per heavy atom. The molecule has 3 atom stereocenters. The number of hydrogen-bond donors (Lipinski definition) is 1. The number of esters is 1. The second-order valence-corrected chi connectivity index (χ2v) is 5.88. The molecular weight excluding hydrogens is 240 g/mol. The number of ether oxygens (including phenoxy) is 1. The maximum Gasteiger partial charge on any atom is 0.324 e. The molecular formula is C15H28N2O2. The molecule has 0 aromatic rings. The first-order valence-corrected chi connectivity index (χ1v) is 7.81. The second kappa shape index (κ2) is 7.25. The van der Waals surface area contributed by atoms with Crippen molar-refractivity contribution in [2.75, 3.05) is 26.7 Å². The molecule has 1 N–H and O–H groups in total. The number of likely N-dealkylation sites (tertiary alicyclic amines) is 1. The summed E-state index contributed by atoms with van der Waals surface area (Å²) in [5.74, 6) is 0.738. The molecule has 1 aliphatic heterocycles. The Labute approximate surface area is 116 Å². The summed E-state index contributed by atoms with van der Waals surface area (Å²) in [6.07, 6.45) is 8.09. The van der Waals surface area contributed by atoms with Crippen LogP contribution in [0.2, 0.25) is 0 Å². The zero-order valence-electron chi connectivity index (χ0n) is 12.4. The van der Waals surface area contributed by atoms with E-state index in [0.29, 0.717) is 6.04 Å². The summed E-state index contributed by atoms with van der Waals surface area (Å²) in [7, 11) is 1.48. The molecule has 2 aliphatic rings. The maximum atomic E-state index is 11.8. The van der Waals surface area contributed by atoms with Gasteiger partial charge in [0.2, 0.25) is 0 Å². The third kappa shape index (κ3) is 3.69. The van der Waals surface area contributed by atoms with Crippen LogP contribution in [-0.2, 0) is 9.53 Å². The predicted octanol–water partition coefficient (Wildman–Crippen LogP) is 1.79. The Morgan fingerprint density at radius 1 is 1.32 bits per heavy atom. The number of nitrogens with zero attached hydrogens (tertiary/aromatic N) is 1. The number of nitrogens with one attached hydrogen (secondary N) is 1. The van der Waals surface area contributed by atoms with E-state index < -0.39 is 0 Å². The number of hydrogen-bond acceptors (Lipinski definition) is 4. The minimum Gasteiger partial charge on any atom is -0.468 e. The average Bonchev–Trinajstić information content (AvgIpc) is 2.46. The molecule has 0 bridgehead atoms. The van der Waals surface area contributed by atoms with E-state index in [2.05, 4.69) is 10.2 Å². The van der Waals surface area contributed by atoms with Gasteiger partial charge in [-0.25, -0.2) is 0 Å². The first-order valence-electron chi connectivity index (χ1n) is 7.81. The second-order valence-electron chi connectivity index (χ2n) is 5.88. The van der Waals surface area contributed by atoms with Crippen LogP contribution in [0.5, 0.6) is 0 Å². The third-order valence-corrected chi connectivity index (χ3v) is 4.71. The molecule has 2 rings (SSSR count). The molecule has 1 heterocycles. The Kier molecular flexibility index (Phi) is 5.64. The SMILES string of the molecule is CCNC(CN1CCCC2CCCCC21)C(=O)OC. The van der Waals surface area contributed by atoms with Gasteiger partial charge in [0.15, 0.2) is 0 Å². The van der Waals surface area contributed by atoms with Crippen molar-refractivity contribution < 1.29 is 9.53 Å². The third-order valence-electron chi connectivity index (χ3n) is 4.71. The van der Waals surface area contributed by atoms with Crippen molar-refractivity contribution in [3.63, 3.8) is 0 Å². The van der Waals surface area contributed by atoms with Crippen LogP contribution in [0, 0.1) is 5.92 Å². The van der Waals surface area contributed by atoms with E-state index in [4.69, 9.17) is 4.74 Å². The molecule has 1 aliphatic carbocycles. The summed E-state index contributed by atoms with van der Waals surface area (Å²) in [5, 5.41) is 3.26. The monoisotopic (exact) mass is 268 g/mol. The highest BCUT2D eigenvalue weighted by Gasteiger charge is 2.35. The van der Waals surface area contributed by atoms with Crippen molar-refractivity contribution in [2.45, 2.75) is 57.5 Å². The molecule has 1 saturated carbocycles. The minimum atomic E-state index is -0.171. The highest BCUT2D eigenvalue weighted by atomic mass is 16.5. The van der Waals surface area contributed by atoms with Crippen LogP contribution >= 0.6 is 0 Å². The molecule has 0 amide bonds. The summed E-state index contributed by atoms with van der Waals surface area (Å²) in [6.45, 7) is 4.79. The van der Waals surface area contributed by atoms with E-state index in [1.807, 2.05) is 6.92 Å². The fourth-order valence-electron chi connectivity index (χ4n) is 3.80. The fourth-order valence-corrected chi connectivity index (χ4v) is 3.80. The minimum absolute atomic E-state index is 0.125. The molecule has 0 spiro atoms. The molecule has 0 aromatic heterocycles. The zero-order valence-corrected chi connectivity index (χ0v) is 12.4. The normalized spacial score (nSPS) is 29.6. The molecule has 19 heavy (non-hydrogen) atoms. The topological polar surface area (TPSA) is 41.6 Å². The molecule has 110 valence electrons. The molecule has 0 aromatic carbocycles. The highest BCUT2D eigenvalue weighted by Crippen LogP contribution is 2.35. The lowest BCUT2D eigenvalue weighted by atomic mass is 9.78. The first-order chi connectivity index (χ1) is 9.26. The zero-order chi connectivity index (χ0) is 13.7. The molecule has 3 unspecified atom stereocenters. The van der Waals surface area contributed by atoms with Crippen LogP contribution < -0.4 is 5.32 Å². The number of piperidine rings is 1. The first kappa shape index (κ1) is 14.8. The quantitative estimate of drug-likeness (QED) is 0.772. The van der Waals surface area contributed by atoms with Gasteiger partial charge in [-0.2, -0.15) is 0 Å². The lowest BCUT2D eigenvalue weighted by Crippen LogP contribution is -2.54. The molecule has 0 radical (unpaired) electrons. The Bertz CT molecular complexity index is 294. The number of carbonyl (C=O) groups is 1. The highest BCUT2D eigenvalue weighted by molar-refractivity contribution is 5.75. The van der Waals surface area contributed by atoms with Crippen LogP contribution in [-0.4, -0.2) is 49.7 Å². The molecule has 4 heteroatoms. The standard InChI is InChI=1S/C15H28N2O2/c1-3-16-13(15(18)19-2)11-17-10-6-8-12-7-4-5-9-14(12)17/h12-14,16H,3-11H2,1-2H3. The number of fused-ring (bicyclic) bond motifs is 1. The largest absolute Gasteiger partial charge is 0.468 e. The fraction of sp³-hybridized carbons (Fsp3) is 0.933. The van der Waals surface area contributed by atoms with Crippen molar-refractivity contribution in [3.8, 4) is 0 Å². The summed E-state index contributed by atoms with van der Waals surface area (Å²) in [6, 6.07) is 0.531. The van der Waals surface area contributed by atoms with Crippen LogP contribution in [0.4, 0.5) is 0 Å². The van der Waals surface area contributed by atoms with Crippen LogP contribution in [0.1, 0.15) is 45.4 Å². The summed E-state index contributed by atoms with van der Waals surface area (Å²) in [5.41, 5.74) is 0. The average molecular weight is 268 g/mol. The lowest BCUT2D eigenvalue weighted by Gasteiger charge is -2.45. The molecule has 4 nitrogen and oxygen atoms in total. The number of likely N-dealkylation sites (N-methyl/N-ethyl adjacent to an activating group) is 1. The van der Waals surface area contributed by atoms with Gasteiger partial charge in [-0.3, -0.25) is 9.69 Å².